The Hall–Kier alpha value is -0.570. The number of hydrogen-bond acceptors (Lipinski definition) is 4. The maximum absolute atomic E-state index is 12.4. The number of hydrogen-bond donors (Lipinski definition) is 0. The van der Waals surface area contributed by atoms with Crippen molar-refractivity contribution in [2.75, 3.05) is 16.4 Å². The lowest BCUT2D eigenvalue weighted by molar-refractivity contribution is -0.124. The Labute approximate surface area is 165 Å². The Balaban J connectivity index is 2.07. The van der Waals surface area contributed by atoms with Crippen molar-refractivity contribution in [3.63, 3.8) is 0 Å². The van der Waals surface area contributed by atoms with Gasteiger partial charge in [0.05, 0.1) is 28.3 Å². The zero-order chi connectivity index (χ0) is 18.6. The summed E-state index contributed by atoms with van der Waals surface area (Å²) in [5.41, 5.74) is 0.0643. The van der Waals surface area contributed by atoms with Gasteiger partial charge in [-0.25, -0.2) is 8.42 Å². The van der Waals surface area contributed by atoms with Crippen molar-refractivity contribution < 1.29 is 13.2 Å². The third kappa shape index (κ3) is 3.91. The van der Waals surface area contributed by atoms with Gasteiger partial charge in [-0.15, -0.1) is 0 Å². The summed E-state index contributed by atoms with van der Waals surface area (Å²) >= 11 is 11.1. The van der Waals surface area contributed by atoms with E-state index in [2.05, 4.69) is 20.9 Å². The molecular weight excluding hydrogens is 448 g/mol. The Kier molecular flexibility index (Phi) is 5.03. The zero-order valence-electron chi connectivity index (χ0n) is 14.0. The first kappa shape index (κ1) is 19.2. The quantitative estimate of drug-likeness (QED) is 0.632. The highest BCUT2D eigenvalue weighted by Gasteiger charge is 2.50. The van der Waals surface area contributed by atoms with Crippen molar-refractivity contribution in [3.8, 4) is 0 Å². The van der Waals surface area contributed by atoms with E-state index in [4.69, 9.17) is 11.6 Å². The molecule has 0 N–H and O–H groups in total. The van der Waals surface area contributed by atoms with Gasteiger partial charge in [0.15, 0.2) is 15.0 Å². The first-order chi connectivity index (χ1) is 11.5. The fraction of sp³-hybridized carbons (Fsp3) is 0.500. The molecule has 0 aliphatic carbocycles. The molecule has 2 heterocycles. The molecule has 2 atom stereocenters. The summed E-state index contributed by atoms with van der Waals surface area (Å²) in [6.07, 6.45) is 0. The minimum absolute atomic E-state index is 0.0415. The van der Waals surface area contributed by atoms with E-state index in [1.54, 1.807) is 26.8 Å². The van der Waals surface area contributed by atoms with E-state index in [1.807, 2.05) is 17.0 Å². The van der Waals surface area contributed by atoms with Gasteiger partial charge < -0.3 is 4.90 Å². The Bertz CT molecular complexity index is 865. The Morgan fingerprint density at radius 2 is 2.04 bits per heavy atom. The van der Waals surface area contributed by atoms with Crippen LogP contribution >= 0.6 is 39.3 Å². The third-order valence-corrected chi connectivity index (χ3v) is 8.08. The standard InChI is InChI=1S/C16H18BrClN2O3S2/c1-16(2,3)14(21)19-15-20(11-5-4-9(17)6-10(11)18)12-7-25(22,23)8-13(12)24-15/h4-6,12-13H,7-8H2,1-3H3. The molecule has 5 nitrogen and oxygen atoms in total. The van der Waals surface area contributed by atoms with Crippen LogP contribution in [-0.4, -0.2) is 42.3 Å². The molecule has 1 aromatic rings. The van der Waals surface area contributed by atoms with E-state index >= 15 is 0 Å². The minimum Gasteiger partial charge on any atom is -0.314 e. The maximum atomic E-state index is 12.4. The second-order valence-electron chi connectivity index (χ2n) is 7.22. The van der Waals surface area contributed by atoms with Crippen LogP contribution in [0.25, 0.3) is 0 Å². The molecule has 1 aromatic carbocycles. The number of halogens is 2. The molecule has 1 amide bonds. The number of carbonyl (C=O) groups excluding carboxylic acids is 1. The topological polar surface area (TPSA) is 66.8 Å². The fourth-order valence-electron chi connectivity index (χ4n) is 2.78. The van der Waals surface area contributed by atoms with Crippen LogP contribution in [0.4, 0.5) is 5.69 Å². The number of sulfone groups is 1. The first-order valence-corrected chi connectivity index (χ1v) is 11.6. The molecule has 2 unspecified atom stereocenters. The number of aliphatic imine (C=N–C) groups is 1. The lowest BCUT2D eigenvalue weighted by Crippen LogP contribution is -2.38. The zero-order valence-corrected chi connectivity index (χ0v) is 18.0. The second kappa shape index (κ2) is 6.55. The van der Waals surface area contributed by atoms with Gasteiger partial charge in [0.1, 0.15) is 0 Å². The first-order valence-electron chi connectivity index (χ1n) is 7.72. The van der Waals surface area contributed by atoms with Gasteiger partial charge in [-0.1, -0.05) is 60.1 Å². The molecule has 25 heavy (non-hydrogen) atoms. The summed E-state index contributed by atoms with van der Waals surface area (Å²) in [5, 5.41) is 0.862. The van der Waals surface area contributed by atoms with E-state index < -0.39 is 15.3 Å². The van der Waals surface area contributed by atoms with Crippen LogP contribution in [0.2, 0.25) is 5.02 Å². The molecule has 0 spiro atoms. The summed E-state index contributed by atoms with van der Waals surface area (Å²) in [6, 6.07) is 5.14. The fourth-order valence-corrected chi connectivity index (χ4v) is 7.45. The summed E-state index contributed by atoms with van der Waals surface area (Å²) in [5.74, 6) is -0.105. The SMILES string of the molecule is CC(C)(C)C(=O)N=C1SC2CS(=O)(=O)CC2N1c1ccc(Br)cc1Cl. The van der Waals surface area contributed by atoms with Crippen molar-refractivity contribution in [2.45, 2.75) is 32.1 Å². The van der Waals surface area contributed by atoms with E-state index in [1.165, 1.54) is 11.8 Å². The molecule has 0 aromatic heterocycles. The molecule has 136 valence electrons. The third-order valence-electron chi connectivity index (χ3n) is 4.07. The largest absolute Gasteiger partial charge is 0.314 e. The number of amides is 1. The molecule has 0 saturated carbocycles. The van der Waals surface area contributed by atoms with Gasteiger partial charge in [0, 0.05) is 15.1 Å². The number of benzene rings is 1. The van der Waals surface area contributed by atoms with Crippen LogP contribution in [0, 0.1) is 5.41 Å². The highest BCUT2D eigenvalue weighted by atomic mass is 79.9. The highest BCUT2D eigenvalue weighted by molar-refractivity contribution is 9.10. The summed E-state index contributed by atoms with van der Waals surface area (Å²) in [4.78, 5) is 18.5. The van der Waals surface area contributed by atoms with Crippen LogP contribution in [0.3, 0.4) is 0 Å². The van der Waals surface area contributed by atoms with E-state index in [0.29, 0.717) is 15.9 Å². The molecular formula is C16H18BrClN2O3S2. The van der Waals surface area contributed by atoms with Crippen molar-refractivity contribution in [2.24, 2.45) is 10.4 Å². The second-order valence-corrected chi connectivity index (χ2v) is 11.9. The van der Waals surface area contributed by atoms with Crippen molar-refractivity contribution in [1.82, 2.24) is 0 Å². The van der Waals surface area contributed by atoms with Gasteiger partial charge >= 0.3 is 0 Å². The minimum atomic E-state index is -3.10. The number of fused-ring (bicyclic) bond motifs is 1. The van der Waals surface area contributed by atoms with Crippen molar-refractivity contribution >= 4 is 65.9 Å². The molecule has 3 rings (SSSR count). The normalized spacial score (nSPS) is 26.9. The van der Waals surface area contributed by atoms with Gasteiger partial charge in [0.2, 0.25) is 0 Å². The predicted molar refractivity (Wildman–Crippen MR) is 107 cm³/mol. The number of thioether (sulfide) groups is 1. The number of carbonyl (C=O) groups is 1. The Morgan fingerprint density at radius 1 is 1.36 bits per heavy atom. The number of rotatable bonds is 1. The van der Waals surface area contributed by atoms with E-state index in [9.17, 15) is 13.2 Å². The van der Waals surface area contributed by atoms with Crippen molar-refractivity contribution in [1.29, 1.82) is 0 Å². The van der Waals surface area contributed by atoms with Crippen LogP contribution in [-0.2, 0) is 14.6 Å². The van der Waals surface area contributed by atoms with E-state index in [0.717, 1.165) is 4.47 Å². The van der Waals surface area contributed by atoms with Gasteiger partial charge in [-0.2, -0.15) is 4.99 Å². The Morgan fingerprint density at radius 3 is 2.64 bits per heavy atom. The lowest BCUT2D eigenvalue weighted by atomic mass is 9.96. The molecule has 2 fully saturated rings. The number of amidine groups is 1. The molecule has 2 saturated heterocycles. The maximum Gasteiger partial charge on any atom is 0.253 e. The van der Waals surface area contributed by atoms with Gasteiger partial charge in [-0.05, 0) is 18.2 Å². The highest BCUT2D eigenvalue weighted by Crippen LogP contribution is 2.43. The number of anilines is 1. The smallest absolute Gasteiger partial charge is 0.253 e. The lowest BCUT2D eigenvalue weighted by Gasteiger charge is -2.26. The van der Waals surface area contributed by atoms with Crippen molar-refractivity contribution in [3.05, 3.63) is 27.7 Å². The molecule has 2 aliphatic heterocycles. The molecule has 2 aliphatic rings. The van der Waals surface area contributed by atoms with Crippen LogP contribution < -0.4 is 4.90 Å². The average molecular weight is 466 g/mol. The molecule has 9 heteroatoms. The van der Waals surface area contributed by atoms with Crippen LogP contribution in [0.1, 0.15) is 20.8 Å². The summed E-state index contributed by atoms with van der Waals surface area (Å²) in [6.45, 7) is 5.42. The van der Waals surface area contributed by atoms with E-state index in [-0.39, 0.29) is 28.7 Å². The van der Waals surface area contributed by atoms with Gasteiger partial charge in [-0.3, -0.25) is 4.79 Å². The van der Waals surface area contributed by atoms with Crippen LogP contribution in [0.15, 0.2) is 27.7 Å². The monoisotopic (exact) mass is 464 g/mol. The molecule has 0 radical (unpaired) electrons. The summed E-state index contributed by atoms with van der Waals surface area (Å²) < 4.78 is 24.9. The molecule has 0 bridgehead atoms. The van der Waals surface area contributed by atoms with Crippen LogP contribution in [0.5, 0.6) is 0 Å². The predicted octanol–water partition coefficient (Wildman–Crippen LogP) is 3.75. The average Bonchev–Trinajstić information content (AvgIpc) is 2.90. The number of nitrogens with zero attached hydrogens (tertiary/aromatic N) is 2. The van der Waals surface area contributed by atoms with Gasteiger partial charge in [0.25, 0.3) is 5.91 Å². The summed E-state index contributed by atoms with van der Waals surface area (Å²) in [7, 11) is -3.10.